The van der Waals surface area contributed by atoms with Crippen LogP contribution in [0, 0.1) is 5.82 Å². The second-order valence-corrected chi connectivity index (χ2v) is 7.26. The highest BCUT2D eigenvalue weighted by Gasteiger charge is 2.36. The van der Waals surface area contributed by atoms with E-state index in [0.29, 0.717) is 13.0 Å². The van der Waals surface area contributed by atoms with Gasteiger partial charge in [-0.2, -0.15) is 4.31 Å². The Bertz CT molecular complexity index is 591. The second kappa shape index (κ2) is 5.97. The lowest BCUT2D eigenvalue weighted by molar-refractivity contribution is 0.0831. The lowest BCUT2D eigenvalue weighted by Gasteiger charge is -2.36. The average Bonchev–Trinajstić information content (AvgIpc) is 2.41. The first-order chi connectivity index (χ1) is 9.34. The molecule has 0 saturated carbocycles. The molecule has 4 nitrogen and oxygen atoms in total. The van der Waals surface area contributed by atoms with Crippen molar-refractivity contribution in [1.82, 2.24) is 4.31 Å². The SMILES string of the molecule is C[C@@H](O)[C@@H]1CCCCN1S(=O)(=O)c1cc(F)ccc1Cl. The number of aliphatic hydroxyl groups excluding tert-OH is 1. The molecular formula is C13H17ClFNO3S. The van der Waals surface area contributed by atoms with Gasteiger partial charge in [0.05, 0.1) is 17.2 Å². The summed E-state index contributed by atoms with van der Waals surface area (Å²) in [5, 5.41) is 9.76. The Morgan fingerprint density at radius 1 is 1.45 bits per heavy atom. The van der Waals surface area contributed by atoms with Gasteiger partial charge in [0, 0.05) is 6.54 Å². The van der Waals surface area contributed by atoms with Crippen LogP contribution < -0.4 is 0 Å². The number of nitrogens with zero attached hydrogens (tertiary/aromatic N) is 1. The Morgan fingerprint density at radius 2 is 2.15 bits per heavy atom. The van der Waals surface area contributed by atoms with Crippen molar-refractivity contribution in [3.8, 4) is 0 Å². The summed E-state index contributed by atoms with van der Waals surface area (Å²) in [6.45, 7) is 1.87. The third kappa shape index (κ3) is 2.98. The average molecular weight is 322 g/mol. The maximum atomic E-state index is 13.3. The summed E-state index contributed by atoms with van der Waals surface area (Å²) in [6.07, 6.45) is 1.38. The summed E-state index contributed by atoms with van der Waals surface area (Å²) in [5.74, 6) is -0.654. The first-order valence-electron chi connectivity index (χ1n) is 6.49. The molecular weight excluding hydrogens is 305 g/mol. The highest BCUT2D eigenvalue weighted by Crippen LogP contribution is 2.31. The number of rotatable bonds is 3. The molecule has 1 heterocycles. The van der Waals surface area contributed by atoms with E-state index in [4.69, 9.17) is 11.6 Å². The van der Waals surface area contributed by atoms with Crippen molar-refractivity contribution >= 4 is 21.6 Å². The number of piperidine rings is 1. The van der Waals surface area contributed by atoms with E-state index in [1.807, 2.05) is 0 Å². The van der Waals surface area contributed by atoms with Crippen molar-refractivity contribution in [2.45, 2.75) is 43.2 Å². The molecule has 7 heteroatoms. The van der Waals surface area contributed by atoms with Crippen molar-refractivity contribution in [1.29, 1.82) is 0 Å². The fourth-order valence-corrected chi connectivity index (χ4v) is 4.76. The molecule has 20 heavy (non-hydrogen) atoms. The van der Waals surface area contributed by atoms with Gasteiger partial charge in [-0.1, -0.05) is 18.0 Å². The largest absolute Gasteiger partial charge is 0.392 e. The smallest absolute Gasteiger partial charge is 0.245 e. The van der Waals surface area contributed by atoms with Crippen LogP contribution in [0.25, 0.3) is 0 Å². The van der Waals surface area contributed by atoms with Crippen molar-refractivity contribution < 1.29 is 17.9 Å². The molecule has 0 radical (unpaired) electrons. The summed E-state index contributed by atoms with van der Waals surface area (Å²) >= 11 is 5.89. The van der Waals surface area contributed by atoms with Crippen LogP contribution in [-0.4, -0.2) is 36.5 Å². The van der Waals surface area contributed by atoms with Gasteiger partial charge >= 0.3 is 0 Å². The zero-order valence-electron chi connectivity index (χ0n) is 11.1. The van der Waals surface area contributed by atoms with Crippen LogP contribution in [0.2, 0.25) is 5.02 Å². The van der Waals surface area contributed by atoms with Crippen LogP contribution in [0.1, 0.15) is 26.2 Å². The number of hydrogen-bond donors (Lipinski definition) is 1. The molecule has 0 bridgehead atoms. The van der Waals surface area contributed by atoms with Gasteiger partial charge in [-0.3, -0.25) is 0 Å². The monoisotopic (exact) mass is 321 g/mol. The van der Waals surface area contributed by atoms with Crippen molar-refractivity contribution in [2.75, 3.05) is 6.54 Å². The quantitative estimate of drug-likeness (QED) is 0.930. The minimum absolute atomic E-state index is 0.0127. The minimum atomic E-state index is -3.91. The summed E-state index contributed by atoms with van der Waals surface area (Å²) < 4.78 is 39.8. The summed E-state index contributed by atoms with van der Waals surface area (Å²) in [6, 6.07) is 2.77. The molecule has 2 rings (SSSR count). The van der Waals surface area contributed by atoms with Crippen molar-refractivity contribution in [3.05, 3.63) is 29.0 Å². The molecule has 2 atom stereocenters. The minimum Gasteiger partial charge on any atom is -0.392 e. The molecule has 0 spiro atoms. The Labute approximate surface area is 123 Å². The van der Waals surface area contributed by atoms with Gasteiger partial charge in [0.15, 0.2) is 0 Å². The third-order valence-electron chi connectivity index (χ3n) is 3.54. The number of halogens is 2. The molecule has 1 saturated heterocycles. The highest BCUT2D eigenvalue weighted by molar-refractivity contribution is 7.89. The Morgan fingerprint density at radius 3 is 2.80 bits per heavy atom. The van der Waals surface area contributed by atoms with Crippen molar-refractivity contribution in [2.24, 2.45) is 0 Å². The third-order valence-corrected chi connectivity index (χ3v) is 5.94. The summed E-state index contributed by atoms with van der Waals surface area (Å²) in [4.78, 5) is -0.244. The van der Waals surface area contributed by atoms with Gasteiger partial charge in [-0.15, -0.1) is 0 Å². The maximum absolute atomic E-state index is 13.3. The molecule has 1 aromatic rings. The van der Waals surface area contributed by atoms with E-state index < -0.39 is 28.0 Å². The van der Waals surface area contributed by atoms with E-state index in [0.717, 1.165) is 25.0 Å². The number of sulfonamides is 1. The van der Waals surface area contributed by atoms with E-state index in [-0.39, 0.29) is 9.92 Å². The Balaban J connectivity index is 2.45. The fourth-order valence-electron chi connectivity index (χ4n) is 2.51. The summed E-state index contributed by atoms with van der Waals surface area (Å²) in [7, 11) is -3.91. The standard InChI is InChI=1S/C13H17ClFNO3S/c1-9(17)12-4-2-3-7-16(12)20(18,19)13-8-10(15)5-6-11(13)14/h5-6,8-9,12,17H,2-4,7H2,1H3/t9-,12+/m1/s1. The van der Waals surface area contributed by atoms with Crippen LogP contribution >= 0.6 is 11.6 Å². The molecule has 0 unspecified atom stereocenters. The number of hydrogen-bond acceptors (Lipinski definition) is 3. The van der Waals surface area contributed by atoms with E-state index in [2.05, 4.69) is 0 Å². The molecule has 1 aliphatic heterocycles. The molecule has 0 aliphatic carbocycles. The Kier molecular flexibility index (Phi) is 4.69. The van der Waals surface area contributed by atoms with Crippen LogP contribution in [0.4, 0.5) is 4.39 Å². The number of benzene rings is 1. The molecule has 0 amide bonds. The fraction of sp³-hybridized carbons (Fsp3) is 0.538. The highest BCUT2D eigenvalue weighted by atomic mass is 35.5. The number of aliphatic hydroxyl groups is 1. The van der Waals surface area contributed by atoms with Gasteiger partial charge in [0.1, 0.15) is 10.7 Å². The van der Waals surface area contributed by atoms with Crippen LogP contribution in [0.3, 0.4) is 0 Å². The predicted octanol–water partition coefficient (Wildman–Crippen LogP) is 2.40. The first-order valence-corrected chi connectivity index (χ1v) is 8.31. The lowest BCUT2D eigenvalue weighted by Crippen LogP contribution is -2.48. The van der Waals surface area contributed by atoms with Gasteiger partial charge < -0.3 is 5.11 Å². The van der Waals surface area contributed by atoms with Crippen LogP contribution in [0.15, 0.2) is 23.1 Å². The lowest BCUT2D eigenvalue weighted by atomic mass is 10.0. The first kappa shape index (κ1) is 15.7. The molecule has 0 aromatic heterocycles. The van der Waals surface area contributed by atoms with Crippen molar-refractivity contribution in [3.63, 3.8) is 0 Å². The van der Waals surface area contributed by atoms with E-state index in [1.165, 1.54) is 10.4 Å². The predicted molar refractivity (Wildman–Crippen MR) is 74.6 cm³/mol. The van der Waals surface area contributed by atoms with Crippen LogP contribution in [-0.2, 0) is 10.0 Å². The van der Waals surface area contributed by atoms with E-state index in [1.54, 1.807) is 6.92 Å². The zero-order valence-corrected chi connectivity index (χ0v) is 12.7. The van der Waals surface area contributed by atoms with Gasteiger partial charge in [0.2, 0.25) is 10.0 Å². The summed E-state index contributed by atoms with van der Waals surface area (Å²) in [5.41, 5.74) is 0. The second-order valence-electron chi connectivity index (χ2n) is 4.99. The molecule has 1 N–H and O–H groups in total. The van der Waals surface area contributed by atoms with Gasteiger partial charge in [-0.05, 0) is 38.0 Å². The zero-order chi connectivity index (χ0) is 14.9. The topological polar surface area (TPSA) is 57.6 Å². The molecule has 1 fully saturated rings. The van der Waals surface area contributed by atoms with E-state index >= 15 is 0 Å². The molecule has 1 aromatic carbocycles. The van der Waals surface area contributed by atoms with Crippen LogP contribution in [0.5, 0.6) is 0 Å². The molecule has 112 valence electrons. The molecule has 1 aliphatic rings. The van der Waals surface area contributed by atoms with Gasteiger partial charge in [-0.25, -0.2) is 12.8 Å². The Hall–Kier alpha value is -0.690. The van der Waals surface area contributed by atoms with E-state index in [9.17, 15) is 17.9 Å². The van der Waals surface area contributed by atoms with Gasteiger partial charge in [0.25, 0.3) is 0 Å². The normalized spacial score (nSPS) is 22.7. The maximum Gasteiger partial charge on any atom is 0.245 e.